The number of rotatable bonds is 14. The van der Waals surface area contributed by atoms with Crippen molar-refractivity contribution in [2.75, 3.05) is 37.6 Å². The Morgan fingerprint density at radius 3 is 1.95 bits per heavy atom. The molecule has 8 rings (SSSR count). The van der Waals surface area contributed by atoms with Crippen LogP contribution in [0.1, 0.15) is 70.5 Å². The summed E-state index contributed by atoms with van der Waals surface area (Å²) in [5.74, 6) is 0.853. The minimum atomic E-state index is -0.957. The number of aromatic nitrogens is 4. The minimum Gasteiger partial charge on any atom is -0.364 e. The van der Waals surface area contributed by atoms with E-state index in [2.05, 4.69) is 106 Å². The van der Waals surface area contributed by atoms with Gasteiger partial charge in [-0.1, -0.05) is 139 Å². The van der Waals surface area contributed by atoms with Crippen LogP contribution in [-0.2, 0) is 30.0 Å². The van der Waals surface area contributed by atoms with Gasteiger partial charge in [-0.25, -0.2) is 10.1 Å². The van der Waals surface area contributed by atoms with Gasteiger partial charge in [0, 0.05) is 44.8 Å². The molecule has 11 heteroatoms. The predicted molar refractivity (Wildman–Crippen MR) is 241 cm³/mol. The van der Waals surface area contributed by atoms with Crippen LogP contribution in [0.15, 0.2) is 145 Å². The molecule has 6 aromatic rings. The molecule has 1 aromatic heterocycles. The zero-order chi connectivity index (χ0) is 42.9. The normalized spacial score (nSPS) is 15.2. The molecular weight excluding hydrogens is 769 g/mol. The highest BCUT2D eigenvalue weighted by Gasteiger charge is 2.41. The van der Waals surface area contributed by atoms with Crippen molar-refractivity contribution < 1.29 is 4.79 Å². The number of likely N-dealkylation sites (tertiary alicyclic amines) is 1. The molecular formula is C51H52N10O. The number of nitriles is 1. The molecule has 5 aromatic carbocycles. The number of allylic oxidation sites excluding steroid dienone is 1. The molecule has 3 heterocycles. The third kappa shape index (κ3) is 9.00. The standard InChI is InChI=1S/C51H52N10O/c1-39-31-40(2)33-42(32-39)37-59-30-29-58(50(59)47(35-52)53-3)28-25-49(62)60(46-24-16-17-41(34-46)36-57-26-14-7-15-27-57)38-48-54-56-61(55-48)51(43-18-8-4-9-19-43,44-20-10-5-11-21-44)45-22-12-6-13-23-45/h4-6,8-13,16-24,31-34H,7,14-15,25-30,36-38H2,1-2H3. The number of tetrazole rings is 1. The Labute approximate surface area is 364 Å². The van der Waals surface area contributed by atoms with Crippen LogP contribution in [0.5, 0.6) is 0 Å². The lowest BCUT2D eigenvalue weighted by molar-refractivity contribution is -0.119. The van der Waals surface area contributed by atoms with Gasteiger partial charge >= 0.3 is 5.70 Å². The van der Waals surface area contributed by atoms with Crippen LogP contribution in [0, 0.1) is 31.8 Å². The van der Waals surface area contributed by atoms with E-state index in [1.807, 2.05) is 71.6 Å². The van der Waals surface area contributed by atoms with Crippen molar-refractivity contribution >= 4 is 11.6 Å². The Kier molecular flexibility index (Phi) is 12.8. The fourth-order valence-electron chi connectivity index (χ4n) is 9.19. The molecule has 0 bridgehead atoms. The van der Waals surface area contributed by atoms with Crippen LogP contribution < -0.4 is 4.90 Å². The minimum absolute atomic E-state index is 0.0288. The maximum absolute atomic E-state index is 14.8. The van der Waals surface area contributed by atoms with Crippen LogP contribution >= 0.6 is 0 Å². The van der Waals surface area contributed by atoms with Crippen LogP contribution in [0.3, 0.4) is 0 Å². The summed E-state index contributed by atoms with van der Waals surface area (Å²) in [5.41, 5.74) is 7.32. The fourth-order valence-corrected chi connectivity index (χ4v) is 9.19. The molecule has 0 saturated carbocycles. The summed E-state index contributed by atoms with van der Waals surface area (Å²) in [4.78, 5) is 28.5. The van der Waals surface area contributed by atoms with Gasteiger partial charge in [-0.15, -0.1) is 15.0 Å². The summed E-state index contributed by atoms with van der Waals surface area (Å²) >= 11 is 0. The molecule has 312 valence electrons. The fraction of sp³-hybridized carbons (Fsp3) is 0.294. The number of amides is 1. The van der Waals surface area contributed by atoms with Gasteiger partial charge < -0.3 is 14.7 Å². The second kappa shape index (κ2) is 19.1. The average Bonchev–Trinajstić information content (AvgIpc) is 3.94. The van der Waals surface area contributed by atoms with Crippen LogP contribution in [0.2, 0.25) is 0 Å². The molecule has 0 N–H and O–H groups in total. The molecule has 2 aliphatic rings. The maximum Gasteiger partial charge on any atom is 0.300 e. The molecule has 62 heavy (non-hydrogen) atoms. The molecule has 11 nitrogen and oxygen atoms in total. The van der Waals surface area contributed by atoms with Gasteiger partial charge in [-0.05, 0) is 84.9 Å². The van der Waals surface area contributed by atoms with E-state index in [0.717, 1.165) is 53.1 Å². The lowest BCUT2D eigenvalue weighted by Gasteiger charge is -2.34. The lowest BCUT2D eigenvalue weighted by Crippen LogP contribution is -2.40. The monoisotopic (exact) mass is 820 g/mol. The highest BCUT2D eigenvalue weighted by atomic mass is 16.2. The number of aryl methyl sites for hydroxylation is 2. The number of hydrogen-bond donors (Lipinski definition) is 0. The molecule has 0 unspecified atom stereocenters. The highest BCUT2D eigenvalue weighted by molar-refractivity contribution is 5.93. The molecule has 0 spiro atoms. The van der Waals surface area contributed by atoms with Gasteiger partial charge in [0.1, 0.15) is 5.82 Å². The molecule has 2 fully saturated rings. The van der Waals surface area contributed by atoms with E-state index < -0.39 is 5.54 Å². The molecule has 0 aliphatic carbocycles. The van der Waals surface area contributed by atoms with E-state index in [1.54, 1.807) is 9.70 Å². The first-order valence-corrected chi connectivity index (χ1v) is 21.5. The van der Waals surface area contributed by atoms with Crippen molar-refractivity contribution in [1.82, 2.24) is 34.9 Å². The molecule has 2 saturated heterocycles. The number of carbonyl (C=O) groups is 1. The van der Waals surface area contributed by atoms with Crippen molar-refractivity contribution in [3.05, 3.63) is 201 Å². The van der Waals surface area contributed by atoms with E-state index >= 15 is 0 Å². The second-order valence-corrected chi connectivity index (χ2v) is 16.3. The first kappa shape index (κ1) is 41.6. The topological polar surface area (TPSA) is 102 Å². The zero-order valence-corrected chi connectivity index (χ0v) is 35.6. The number of carbonyl (C=O) groups excluding carboxylic acids is 1. The summed E-state index contributed by atoms with van der Waals surface area (Å²) in [5, 5.41) is 24.7. The summed E-state index contributed by atoms with van der Waals surface area (Å²) in [6, 6.07) is 47.4. The number of nitrogens with zero attached hydrogens (tertiary/aromatic N) is 10. The summed E-state index contributed by atoms with van der Waals surface area (Å²) in [7, 11) is 0. The Morgan fingerprint density at radius 2 is 1.35 bits per heavy atom. The Hall–Kier alpha value is -7.08. The summed E-state index contributed by atoms with van der Waals surface area (Å²) < 4.78 is 0. The quantitative estimate of drug-likeness (QED) is 0.0613. The molecule has 2 aliphatic heterocycles. The Morgan fingerprint density at radius 1 is 0.742 bits per heavy atom. The molecule has 0 radical (unpaired) electrons. The van der Waals surface area contributed by atoms with Gasteiger partial charge in [0.2, 0.25) is 5.91 Å². The third-order valence-corrected chi connectivity index (χ3v) is 11.9. The van der Waals surface area contributed by atoms with Crippen LogP contribution in [0.4, 0.5) is 5.69 Å². The van der Waals surface area contributed by atoms with Crippen molar-refractivity contribution in [3.8, 4) is 6.07 Å². The number of hydrogen-bond acceptors (Lipinski definition) is 8. The molecule has 0 atom stereocenters. The molecule has 1 amide bonds. The summed E-state index contributed by atoms with van der Waals surface area (Å²) in [6.45, 7) is 17.2. The van der Waals surface area contributed by atoms with E-state index in [4.69, 9.17) is 16.9 Å². The first-order chi connectivity index (χ1) is 30.3. The van der Waals surface area contributed by atoms with E-state index in [1.165, 1.54) is 30.4 Å². The van der Waals surface area contributed by atoms with Gasteiger partial charge in [0.15, 0.2) is 11.4 Å². The van der Waals surface area contributed by atoms with Gasteiger partial charge in [0.25, 0.3) is 0 Å². The zero-order valence-electron chi connectivity index (χ0n) is 35.6. The van der Waals surface area contributed by atoms with Crippen LogP contribution in [0.25, 0.3) is 4.85 Å². The maximum atomic E-state index is 14.8. The van der Waals surface area contributed by atoms with Gasteiger partial charge in [-0.3, -0.25) is 9.69 Å². The van der Waals surface area contributed by atoms with E-state index in [9.17, 15) is 10.1 Å². The van der Waals surface area contributed by atoms with Crippen molar-refractivity contribution in [2.24, 2.45) is 0 Å². The Balaban J connectivity index is 1.12. The van der Waals surface area contributed by atoms with Gasteiger partial charge in [0.05, 0.1) is 19.2 Å². The number of anilines is 1. The lowest BCUT2D eigenvalue weighted by atomic mass is 9.77. The van der Waals surface area contributed by atoms with E-state index in [-0.39, 0.29) is 24.6 Å². The third-order valence-electron chi connectivity index (χ3n) is 11.9. The van der Waals surface area contributed by atoms with Gasteiger partial charge in [-0.2, -0.15) is 0 Å². The van der Waals surface area contributed by atoms with Crippen LogP contribution in [-0.4, -0.2) is 73.5 Å². The largest absolute Gasteiger partial charge is 0.364 e. The SMILES string of the molecule is [C-]#[N+]C(C#N)=C1N(CCC(=O)N(Cc2nnn(C(c3ccccc3)(c3ccccc3)c3ccccc3)n2)c2cccc(CN3CCCCC3)c2)CCN1Cc1cc(C)cc(C)c1. The summed E-state index contributed by atoms with van der Waals surface area (Å²) in [6.07, 6.45) is 3.79. The number of piperidine rings is 1. The van der Waals surface area contributed by atoms with Crippen molar-refractivity contribution in [3.63, 3.8) is 0 Å². The first-order valence-electron chi connectivity index (χ1n) is 21.5. The van der Waals surface area contributed by atoms with E-state index in [0.29, 0.717) is 37.8 Å². The van der Waals surface area contributed by atoms with Crippen molar-refractivity contribution in [1.29, 1.82) is 5.26 Å². The predicted octanol–water partition coefficient (Wildman–Crippen LogP) is 8.47. The Bertz CT molecular complexity index is 2450. The smallest absolute Gasteiger partial charge is 0.300 e. The second-order valence-electron chi connectivity index (χ2n) is 16.3. The highest BCUT2D eigenvalue weighted by Crippen LogP contribution is 2.39. The number of benzene rings is 5. The van der Waals surface area contributed by atoms with Crippen molar-refractivity contribution in [2.45, 2.75) is 64.7 Å². The average molecular weight is 821 g/mol.